The van der Waals surface area contributed by atoms with Gasteiger partial charge in [0.25, 0.3) is 0 Å². The van der Waals surface area contributed by atoms with Gasteiger partial charge in [0.15, 0.2) is 5.58 Å². The van der Waals surface area contributed by atoms with Gasteiger partial charge in [0.05, 0.1) is 16.7 Å². The SMILES string of the molecule is c1ccc(-c2ccc3c(c2)c2ccccc2n3-c2cccc3c2oc2ccc(-c4ccc5c(c4)sc4ccccc45)cc23)cc1. The van der Waals surface area contributed by atoms with Gasteiger partial charge in [-0.25, -0.2) is 0 Å². The Balaban J connectivity index is 1.16. The summed E-state index contributed by atoms with van der Waals surface area (Å²) < 4.78 is 11.7. The van der Waals surface area contributed by atoms with Crippen LogP contribution in [0.3, 0.4) is 0 Å². The highest BCUT2D eigenvalue weighted by atomic mass is 32.1. The van der Waals surface area contributed by atoms with Crippen molar-refractivity contribution in [3.8, 4) is 27.9 Å². The summed E-state index contributed by atoms with van der Waals surface area (Å²) in [6, 6.07) is 54.7. The smallest absolute Gasteiger partial charge is 0.159 e. The second-order valence-corrected chi connectivity index (χ2v) is 12.8. The third-order valence-electron chi connectivity index (χ3n) is 9.21. The van der Waals surface area contributed by atoms with E-state index in [1.54, 1.807) is 0 Å². The molecule has 0 atom stereocenters. The highest BCUT2D eigenvalue weighted by Gasteiger charge is 2.18. The van der Waals surface area contributed by atoms with Gasteiger partial charge in [-0.05, 0) is 70.8 Å². The maximum atomic E-state index is 6.68. The zero-order chi connectivity index (χ0) is 29.5. The summed E-state index contributed by atoms with van der Waals surface area (Å²) in [4.78, 5) is 0. The number of nitrogens with zero attached hydrogens (tertiary/aromatic N) is 1. The molecule has 0 saturated heterocycles. The first-order valence-corrected chi connectivity index (χ1v) is 16.1. The third-order valence-corrected chi connectivity index (χ3v) is 10.3. The summed E-state index contributed by atoms with van der Waals surface area (Å²) in [6.45, 7) is 0. The first-order chi connectivity index (χ1) is 22.3. The summed E-state index contributed by atoms with van der Waals surface area (Å²) >= 11 is 1.86. The maximum Gasteiger partial charge on any atom is 0.159 e. The Morgan fingerprint density at radius 2 is 1.07 bits per heavy atom. The topological polar surface area (TPSA) is 18.1 Å². The van der Waals surface area contributed by atoms with Crippen LogP contribution in [0.15, 0.2) is 156 Å². The Morgan fingerprint density at radius 1 is 0.400 bits per heavy atom. The Labute approximate surface area is 263 Å². The molecule has 0 aliphatic carbocycles. The predicted molar refractivity (Wildman–Crippen MR) is 192 cm³/mol. The molecule has 0 spiro atoms. The standard InChI is InChI=1S/C42H25NOS/c1-2-9-26(10-3-1)27-18-21-37-34(23-27)30-11-4-6-14-36(30)43(37)38-15-8-13-33-35-24-28(19-22-39(35)44-42(33)38)29-17-20-32-31-12-5-7-16-40(31)45-41(32)25-29/h1-25H. The molecule has 0 N–H and O–H groups in total. The van der Waals surface area contributed by atoms with Crippen LogP contribution in [0.1, 0.15) is 0 Å². The number of thiophene rings is 1. The summed E-state index contributed by atoms with van der Waals surface area (Å²) in [7, 11) is 0. The van der Waals surface area contributed by atoms with Gasteiger partial charge in [-0.1, -0.05) is 103 Å². The van der Waals surface area contributed by atoms with E-state index in [0.717, 1.165) is 27.6 Å². The second kappa shape index (κ2) is 9.43. The van der Waals surface area contributed by atoms with Crippen LogP contribution in [0.4, 0.5) is 0 Å². The van der Waals surface area contributed by atoms with Crippen LogP contribution in [-0.4, -0.2) is 4.57 Å². The average molecular weight is 592 g/mol. The van der Waals surface area contributed by atoms with Crippen molar-refractivity contribution in [3.63, 3.8) is 0 Å². The van der Waals surface area contributed by atoms with Gasteiger partial charge in [-0.3, -0.25) is 0 Å². The lowest BCUT2D eigenvalue weighted by atomic mass is 10.0. The molecule has 0 saturated carbocycles. The maximum absolute atomic E-state index is 6.68. The summed E-state index contributed by atoms with van der Waals surface area (Å²) in [5.41, 5.74) is 10.0. The van der Waals surface area contributed by atoms with E-state index in [1.165, 1.54) is 64.2 Å². The van der Waals surface area contributed by atoms with Gasteiger partial charge in [0.2, 0.25) is 0 Å². The molecule has 2 nitrogen and oxygen atoms in total. The van der Waals surface area contributed by atoms with Crippen LogP contribution in [0.2, 0.25) is 0 Å². The van der Waals surface area contributed by atoms with E-state index in [4.69, 9.17) is 4.42 Å². The normalized spacial score (nSPS) is 12.0. The molecule has 7 aromatic carbocycles. The summed E-state index contributed by atoms with van der Waals surface area (Å²) in [5, 5.41) is 7.37. The fraction of sp³-hybridized carbons (Fsp3) is 0. The molecule has 210 valence electrons. The monoisotopic (exact) mass is 591 g/mol. The predicted octanol–water partition coefficient (Wildman–Crippen LogP) is 12.4. The minimum absolute atomic E-state index is 0.899. The first kappa shape index (κ1) is 24.8. The fourth-order valence-corrected chi connectivity index (χ4v) is 8.23. The molecule has 0 aliphatic heterocycles. The molecule has 3 heterocycles. The molecular formula is C42H25NOS. The molecule has 0 unspecified atom stereocenters. The van der Waals surface area contributed by atoms with Gasteiger partial charge in [-0.15, -0.1) is 11.3 Å². The van der Waals surface area contributed by atoms with Crippen molar-refractivity contribution in [3.05, 3.63) is 152 Å². The number of rotatable bonds is 3. The number of benzene rings is 7. The molecule has 3 aromatic heterocycles. The molecule has 10 aromatic rings. The zero-order valence-corrected chi connectivity index (χ0v) is 25.0. The zero-order valence-electron chi connectivity index (χ0n) is 24.2. The highest BCUT2D eigenvalue weighted by Crippen LogP contribution is 2.41. The lowest BCUT2D eigenvalue weighted by Crippen LogP contribution is -1.94. The Kier molecular flexibility index (Phi) is 5.19. The number of furan rings is 1. The van der Waals surface area contributed by atoms with Crippen molar-refractivity contribution in [2.45, 2.75) is 0 Å². The van der Waals surface area contributed by atoms with Crippen LogP contribution in [-0.2, 0) is 0 Å². The third kappa shape index (κ3) is 3.68. The molecule has 0 amide bonds. The minimum Gasteiger partial charge on any atom is -0.454 e. The molecule has 3 heteroatoms. The van der Waals surface area contributed by atoms with Crippen LogP contribution in [0.25, 0.3) is 91.9 Å². The second-order valence-electron chi connectivity index (χ2n) is 11.7. The van der Waals surface area contributed by atoms with Crippen molar-refractivity contribution in [1.29, 1.82) is 0 Å². The molecular weight excluding hydrogens is 567 g/mol. The van der Waals surface area contributed by atoms with Gasteiger partial charge >= 0.3 is 0 Å². The molecule has 10 rings (SSSR count). The van der Waals surface area contributed by atoms with Gasteiger partial charge < -0.3 is 8.98 Å². The Hall–Kier alpha value is -5.64. The van der Waals surface area contributed by atoms with Crippen LogP contribution in [0, 0.1) is 0 Å². The lowest BCUT2D eigenvalue weighted by Gasteiger charge is -2.09. The van der Waals surface area contributed by atoms with Crippen molar-refractivity contribution >= 4 is 75.3 Å². The minimum atomic E-state index is 0.899. The fourth-order valence-electron chi connectivity index (χ4n) is 7.09. The molecule has 0 bridgehead atoms. The number of fused-ring (bicyclic) bond motifs is 9. The van der Waals surface area contributed by atoms with Crippen molar-refractivity contribution in [2.75, 3.05) is 0 Å². The Morgan fingerprint density at radius 3 is 2.00 bits per heavy atom. The Bertz CT molecular complexity index is 2760. The van der Waals surface area contributed by atoms with Gasteiger partial charge in [0, 0.05) is 41.7 Å². The molecule has 0 fully saturated rings. The average Bonchev–Trinajstić information content (AvgIpc) is 3.77. The first-order valence-electron chi connectivity index (χ1n) is 15.3. The quantitative estimate of drug-likeness (QED) is 0.200. The highest BCUT2D eigenvalue weighted by molar-refractivity contribution is 7.25. The van der Waals surface area contributed by atoms with E-state index in [9.17, 15) is 0 Å². The summed E-state index contributed by atoms with van der Waals surface area (Å²) in [6.07, 6.45) is 0. The van der Waals surface area contributed by atoms with E-state index in [2.05, 4.69) is 156 Å². The van der Waals surface area contributed by atoms with E-state index in [1.807, 2.05) is 11.3 Å². The molecule has 0 radical (unpaired) electrons. The summed E-state index contributed by atoms with van der Waals surface area (Å²) in [5.74, 6) is 0. The van der Waals surface area contributed by atoms with Crippen molar-refractivity contribution in [1.82, 2.24) is 4.57 Å². The number of hydrogen-bond donors (Lipinski definition) is 0. The van der Waals surface area contributed by atoms with Crippen LogP contribution in [0.5, 0.6) is 0 Å². The van der Waals surface area contributed by atoms with Crippen molar-refractivity contribution in [2.24, 2.45) is 0 Å². The largest absolute Gasteiger partial charge is 0.454 e. The van der Waals surface area contributed by atoms with Crippen molar-refractivity contribution < 1.29 is 4.42 Å². The van der Waals surface area contributed by atoms with E-state index < -0.39 is 0 Å². The van der Waals surface area contributed by atoms with E-state index >= 15 is 0 Å². The number of aromatic nitrogens is 1. The van der Waals surface area contributed by atoms with E-state index in [0.29, 0.717) is 0 Å². The van der Waals surface area contributed by atoms with Crippen LogP contribution < -0.4 is 0 Å². The van der Waals surface area contributed by atoms with Crippen LogP contribution >= 0.6 is 11.3 Å². The van der Waals surface area contributed by atoms with Gasteiger partial charge in [0.1, 0.15) is 5.58 Å². The molecule has 45 heavy (non-hydrogen) atoms. The number of para-hydroxylation sites is 2. The molecule has 0 aliphatic rings. The van der Waals surface area contributed by atoms with E-state index in [-0.39, 0.29) is 0 Å². The lowest BCUT2D eigenvalue weighted by molar-refractivity contribution is 0.666. The number of hydrogen-bond acceptors (Lipinski definition) is 2. The van der Waals surface area contributed by atoms with Gasteiger partial charge in [-0.2, -0.15) is 0 Å².